The van der Waals surface area contributed by atoms with Crippen molar-refractivity contribution in [1.29, 1.82) is 0 Å². The van der Waals surface area contributed by atoms with Crippen molar-refractivity contribution >= 4 is 65.9 Å². The van der Waals surface area contributed by atoms with Gasteiger partial charge in [0, 0.05) is 18.8 Å². The first kappa shape index (κ1) is 18.3. The van der Waals surface area contributed by atoms with Crippen LogP contribution >= 0.6 is 27.3 Å². The topological polar surface area (TPSA) is 107 Å². The molecule has 5 rings (SSSR count). The summed E-state index contributed by atoms with van der Waals surface area (Å²) in [6.07, 6.45) is 4.68. The highest BCUT2D eigenvalue weighted by Gasteiger charge is 2.25. The van der Waals surface area contributed by atoms with Crippen molar-refractivity contribution in [3.63, 3.8) is 0 Å². The number of halogens is 1. The number of carbonyl (C=O) groups is 1. The van der Waals surface area contributed by atoms with Crippen molar-refractivity contribution in [2.75, 3.05) is 18.4 Å². The first-order valence-corrected chi connectivity index (χ1v) is 10.9. The van der Waals surface area contributed by atoms with E-state index in [4.69, 9.17) is 0 Å². The van der Waals surface area contributed by atoms with Crippen LogP contribution < -0.4 is 10.2 Å². The first-order valence-electron chi connectivity index (χ1n) is 9.31. The number of likely N-dealkylation sites (tertiary alicyclic amines) is 1. The van der Waals surface area contributed by atoms with Gasteiger partial charge < -0.3 is 20.2 Å². The molecular formula is C19H17BrN6O2S. The molecule has 1 aromatic carbocycles. The highest BCUT2D eigenvalue weighted by atomic mass is 79.9. The van der Waals surface area contributed by atoms with Gasteiger partial charge >= 0.3 is 4.87 Å². The molecular weight excluding hydrogens is 456 g/mol. The number of aromatic amines is 2. The molecule has 3 aromatic heterocycles. The molecule has 1 fully saturated rings. The number of H-pyrrole nitrogens is 2. The van der Waals surface area contributed by atoms with Gasteiger partial charge in [0.1, 0.15) is 23.5 Å². The van der Waals surface area contributed by atoms with E-state index in [1.807, 2.05) is 23.1 Å². The summed E-state index contributed by atoms with van der Waals surface area (Å²) < 4.78 is 1.51. The number of piperidine rings is 1. The van der Waals surface area contributed by atoms with Crippen molar-refractivity contribution in [2.24, 2.45) is 0 Å². The van der Waals surface area contributed by atoms with Gasteiger partial charge in [0.15, 0.2) is 0 Å². The Morgan fingerprint density at radius 1 is 1.17 bits per heavy atom. The average molecular weight is 473 g/mol. The number of nitrogens with one attached hydrogen (secondary N) is 3. The minimum absolute atomic E-state index is 0.0287. The zero-order valence-corrected chi connectivity index (χ0v) is 17.7. The van der Waals surface area contributed by atoms with Crippen LogP contribution in [0.5, 0.6) is 0 Å². The molecule has 1 saturated heterocycles. The lowest BCUT2D eigenvalue weighted by molar-refractivity contribution is 0.0718. The summed E-state index contributed by atoms with van der Waals surface area (Å²) in [6.45, 7) is 1.55. The molecule has 0 spiro atoms. The van der Waals surface area contributed by atoms with Gasteiger partial charge in [-0.25, -0.2) is 9.97 Å². The van der Waals surface area contributed by atoms with Crippen molar-refractivity contribution in [2.45, 2.75) is 19.3 Å². The summed E-state index contributed by atoms with van der Waals surface area (Å²) in [5.74, 6) is 0.553. The van der Waals surface area contributed by atoms with Gasteiger partial charge in [0.05, 0.1) is 20.1 Å². The van der Waals surface area contributed by atoms with E-state index in [1.54, 1.807) is 0 Å². The molecule has 4 heterocycles. The van der Waals surface area contributed by atoms with E-state index in [9.17, 15) is 9.59 Å². The number of rotatable bonds is 3. The van der Waals surface area contributed by atoms with Gasteiger partial charge in [-0.1, -0.05) is 11.3 Å². The molecule has 0 saturated carbocycles. The van der Waals surface area contributed by atoms with Crippen LogP contribution in [0, 0.1) is 0 Å². The first-order chi connectivity index (χ1) is 14.1. The third-order valence-corrected chi connectivity index (χ3v) is 6.71. The molecule has 0 radical (unpaired) electrons. The van der Waals surface area contributed by atoms with Gasteiger partial charge in [0.25, 0.3) is 5.91 Å². The van der Waals surface area contributed by atoms with E-state index in [-0.39, 0.29) is 10.8 Å². The Morgan fingerprint density at radius 2 is 2.00 bits per heavy atom. The second-order valence-corrected chi connectivity index (χ2v) is 8.77. The molecule has 1 aliphatic heterocycles. The van der Waals surface area contributed by atoms with Crippen LogP contribution in [0.4, 0.5) is 11.5 Å². The van der Waals surface area contributed by atoms with E-state index in [0.717, 1.165) is 65.0 Å². The fourth-order valence-corrected chi connectivity index (χ4v) is 5.06. The fourth-order valence-electron chi connectivity index (χ4n) is 3.64. The Kier molecular flexibility index (Phi) is 4.59. The van der Waals surface area contributed by atoms with Crippen LogP contribution in [0.15, 0.2) is 33.8 Å². The maximum atomic E-state index is 13.0. The standard InChI is InChI=1S/C19H17BrN6O2S/c20-14-13-16(23-10-4-5-11-12(8-10)29-19(28)24-11)21-9-22-17(13)25-15(14)18(27)26-6-2-1-3-7-26/h4-5,8-9H,1-3,6-7H2,(H,24,28)(H2,21,22,23,25). The minimum Gasteiger partial charge on any atom is -0.339 e. The zero-order valence-electron chi connectivity index (χ0n) is 15.3. The summed E-state index contributed by atoms with van der Waals surface area (Å²) in [5, 5.41) is 4.00. The van der Waals surface area contributed by atoms with Gasteiger partial charge in [-0.2, -0.15) is 0 Å². The molecule has 0 aliphatic carbocycles. The van der Waals surface area contributed by atoms with Gasteiger partial charge in [-0.15, -0.1) is 0 Å². The Balaban J connectivity index is 1.52. The molecule has 1 aliphatic rings. The average Bonchev–Trinajstić information content (AvgIpc) is 3.27. The summed E-state index contributed by atoms with van der Waals surface area (Å²) in [7, 11) is 0. The van der Waals surface area contributed by atoms with Crippen LogP contribution in [0.1, 0.15) is 29.8 Å². The molecule has 0 bridgehead atoms. The quantitative estimate of drug-likeness (QED) is 0.417. The Morgan fingerprint density at radius 3 is 2.83 bits per heavy atom. The summed E-state index contributed by atoms with van der Waals surface area (Å²) >= 11 is 4.74. The van der Waals surface area contributed by atoms with Crippen LogP contribution in [0.2, 0.25) is 0 Å². The zero-order chi connectivity index (χ0) is 20.0. The van der Waals surface area contributed by atoms with Crippen LogP contribution in [-0.2, 0) is 0 Å². The highest BCUT2D eigenvalue weighted by molar-refractivity contribution is 9.10. The van der Waals surface area contributed by atoms with Crippen LogP contribution in [-0.4, -0.2) is 43.8 Å². The molecule has 8 nitrogen and oxygen atoms in total. The molecule has 3 N–H and O–H groups in total. The highest BCUT2D eigenvalue weighted by Crippen LogP contribution is 2.34. The lowest BCUT2D eigenvalue weighted by Gasteiger charge is -2.26. The summed E-state index contributed by atoms with van der Waals surface area (Å²) in [5.41, 5.74) is 2.67. The number of aromatic nitrogens is 4. The molecule has 148 valence electrons. The molecule has 1 amide bonds. The number of carbonyl (C=O) groups excluding carboxylic acids is 1. The molecule has 0 atom stereocenters. The molecule has 29 heavy (non-hydrogen) atoms. The van der Waals surface area contributed by atoms with Crippen LogP contribution in [0.3, 0.4) is 0 Å². The van der Waals surface area contributed by atoms with Crippen molar-refractivity contribution < 1.29 is 4.79 Å². The fraction of sp³-hybridized carbons (Fsp3) is 0.263. The van der Waals surface area contributed by atoms with E-state index < -0.39 is 0 Å². The second kappa shape index (κ2) is 7.27. The lowest BCUT2D eigenvalue weighted by Crippen LogP contribution is -2.35. The predicted molar refractivity (Wildman–Crippen MR) is 117 cm³/mol. The monoisotopic (exact) mass is 472 g/mol. The van der Waals surface area contributed by atoms with Crippen molar-refractivity contribution in [3.05, 3.63) is 44.4 Å². The number of amides is 1. The Bertz CT molecular complexity index is 1290. The number of hydrogen-bond donors (Lipinski definition) is 3. The lowest BCUT2D eigenvalue weighted by atomic mass is 10.1. The predicted octanol–water partition coefficient (Wildman–Crippen LogP) is 3.99. The maximum absolute atomic E-state index is 13.0. The van der Waals surface area contributed by atoms with Crippen molar-refractivity contribution in [1.82, 2.24) is 24.8 Å². The SMILES string of the molecule is O=C(c1[nH]c2ncnc(Nc3ccc4[nH]c(=O)sc4c3)c2c1Br)N1CCCCC1. The second-order valence-electron chi connectivity index (χ2n) is 6.96. The number of fused-ring (bicyclic) bond motifs is 2. The normalized spacial score (nSPS) is 14.6. The summed E-state index contributed by atoms with van der Waals surface area (Å²) in [6, 6.07) is 5.62. The number of anilines is 2. The third-order valence-electron chi connectivity index (χ3n) is 5.07. The molecule has 4 aromatic rings. The van der Waals surface area contributed by atoms with Gasteiger partial charge in [0.2, 0.25) is 0 Å². The maximum Gasteiger partial charge on any atom is 0.305 e. The smallest absolute Gasteiger partial charge is 0.305 e. The minimum atomic E-state index is -0.0872. The van der Waals surface area contributed by atoms with Gasteiger partial charge in [-0.05, 0) is 53.4 Å². The Hall–Kier alpha value is -2.72. The third kappa shape index (κ3) is 3.32. The molecule has 0 unspecified atom stereocenters. The van der Waals surface area contributed by atoms with E-state index in [1.165, 1.54) is 6.33 Å². The van der Waals surface area contributed by atoms with Gasteiger partial charge in [-0.3, -0.25) is 9.59 Å². The number of hydrogen-bond acceptors (Lipinski definition) is 6. The number of benzene rings is 1. The van der Waals surface area contributed by atoms with Crippen LogP contribution in [0.25, 0.3) is 21.3 Å². The van der Waals surface area contributed by atoms with Crippen molar-refractivity contribution in [3.8, 4) is 0 Å². The van der Waals surface area contributed by atoms with E-state index in [0.29, 0.717) is 21.6 Å². The summed E-state index contributed by atoms with van der Waals surface area (Å²) in [4.78, 5) is 40.9. The van der Waals surface area contributed by atoms with E-state index in [2.05, 4.69) is 41.2 Å². The number of thiazole rings is 1. The largest absolute Gasteiger partial charge is 0.339 e. The molecule has 10 heteroatoms. The number of nitrogens with zero attached hydrogens (tertiary/aromatic N) is 3. The Labute approximate surface area is 177 Å². The van der Waals surface area contributed by atoms with E-state index >= 15 is 0 Å².